The predicted molar refractivity (Wildman–Crippen MR) is 96.1 cm³/mol. The summed E-state index contributed by atoms with van der Waals surface area (Å²) in [7, 11) is 0. The van der Waals surface area contributed by atoms with Gasteiger partial charge in [0.15, 0.2) is 0 Å². The van der Waals surface area contributed by atoms with Crippen molar-refractivity contribution < 1.29 is 9.59 Å². The first kappa shape index (κ1) is 19.5. The monoisotopic (exact) mass is 339 g/mol. The summed E-state index contributed by atoms with van der Waals surface area (Å²) in [5, 5.41) is 9.05. The summed E-state index contributed by atoms with van der Waals surface area (Å²) < 4.78 is 0. The average Bonchev–Trinajstić information content (AvgIpc) is 2.99. The maximum atomic E-state index is 12.0. The minimum Gasteiger partial charge on any atom is -0.326 e. The van der Waals surface area contributed by atoms with Gasteiger partial charge in [0.2, 0.25) is 11.8 Å². The molecule has 6 heteroatoms. The van der Waals surface area contributed by atoms with Crippen molar-refractivity contribution in [2.45, 2.75) is 39.0 Å². The standard InChI is InChI=1S/C17H25N3O2.ClH/c1-2-4-16(21)19-14-5-3-6-15(11-14)20-17(22)8-7-13-9-10-18-12-13;/h3,5-6,11,13,18H,2,4,7-10,12H2,1H3,(H,19,21)(H,20,22);1H. The number of hydrogen-bond donors (Lipinski definition) is 3. The van der Waals surface area contributed by atoms with Crippen molar-refractivity contribution in [3.8, 4) is 0 Å². The zero-order valence-electron chi connectivity index (χ0n) is 13.6. The van der Waals surface area contributed by atoms with Gasteiger partial charge in [0.25, 0.3) is 0 Å². The van der Waals surface area contributed by atoms with Crippen LogP contribution < -0.4 is 16.0 Å². The molecular formula is C17H26ClN3O2. The van der Waals surface area contributed by atoms with Crippen LogP contribution in [0, 0.1) is 5.92 Å². The highest BCUT2D eigenvalue weighted by Crippen LogP contribution is 2.18. The molecule has 1 fully saturated rings. The molecule has 1 saturated heterocycles. The van der Waals surface area contributed by atoms with Gasteiger partial charge in [-0.3, -0.25) is 9.59 Å². The molecule has 0 aromatic heterocycles. The van der Waals surface area contributed by atoms with Crippen molar-refractivity contribution in [3.05, 3.63) is 24.3 Å². The Labute approximate surface area is 144 Å². The molecule has 1 unspecified atom stereocenters. The van der Waals surface area contributed by atoms with Crippen LogP contribution in [0.4, 0.5) is 11.4 Å². The second-order valence-electron chi connectivity index (χ2n) is 5.82. The Kier molecular flexibility index (Phi) is 8.66. The molecule has 1 aliphatic rings. The fraction of sp³-hybridized carbons (Fsp3) is 0.529. The van der Waals surface area contributed by atoms with Gasteiger partial charge >= 0.3 is 0 Å². The van der Waals surface area contributed by atoms with Crippen LogP contribution >= 0.6 is 12.4 Å². The lowest BCUT2D eigenvalue weighted by Crippen LogP contribution is -2.15. The van der Waals surface area contributed by atoms with E-state index in [0.717, 1.165) is 43.7 Å². The van der Waals surface area contributed by atoms with Gasteiger partial charge in [-0.25, -0.2) is 0 Å². The van der Waals surface area contributed by atoms with Gasteiger partial charge < -0.3 is 16.0 Å². The molecule has 2 rings (SSSR count). The predicted octanol–water partition coefficient (Wildman–Crippen LogP) is 3.18. The van der Waals surface area contributed by atoms with Gasteiger partial charge in [0.1, 0.15) is 0 Å². The number of halogens is 1. The van der Waals surface area contributed by atoms with Crippen LogP contribution in [0.5, 0.6) is 0 Å². The molecule has 1 aromatic rings. The first-order valence-corrected chi connectivity index (χ1v) is 8.08. The van der Waals surface area contributed by atoms with E-state index < -0.39 is 0 Å². The zero-order chi connectivity index (χ0) is 15.8. The number of carbonyl (C=O) groups excluding carboxylic acids is 2. The second-order valence-corrected chi connectivity index (χ2v) is 5.82. The van der Waals surface area contributed by atoms with E-state index >= 15 is 0 Å². The van der Waals surface area contributed by atoms with E-state index in [1.54, 1.807) is 6.07 Å². The maximum absolute atomic E-state index is 12.0. The molecule has 1 aromatic carbocycles. The molecule has 1 aliphatic heterocycles. The molecule has 0 aliphatic carbocycles. The number of hydrogen-bond acceptors (Lipinski definition) is 3. The molecule has 2 amide bonds. The summed E-state index contributed by atoms with van der Waals surface area (Å²) in [4.78, 5) is 23.6. The van der Waals surface area contributed by atoms with Crippen LogP contribution in [-0.4, -0.2) is 24.9 Å². The average molecular weight is 340 g/mol. The SMILES string of the molecule is CCCC(=O)Nc1cccc(NC(=O)CCC2CCNC2)c1.Cl. The largest absolute Gasteiger partial charge is 0.326 e. The molecule has 128 valence electrons. The van der Waals surface area contributed by atoms with Gasteiger partial charge in [-0.1, -0.05) is 13.0 Å². The lowest BCUT2D eigenvalue weighted by atomic mass is 10.0. The molecule has 0 saturated carbocycles. The molecule has 0 radical (unpaired) electrons. The Morgan fingerprint density at radius 2 is 1.83 bits per heavy atom. The Morgan fingerprint density at radius 3 is 2.39 bits per heavy atom. The molecule has 1 heterocycles. The number of anilines is 2. The van der Waals surface area contributed by atoms with Crippen molar-refractivity contribution >= 4 is 35.6 Å². The van der Waals surface area contributed by atoms with Gasteiger partial charge in [0.05, 0.1) is 0 Å². The van der Waals surface area contributed by atoms with Crippen LogP contribution in [0.2, 0.25) is 0 Å². The van der Waals surface area contributed by atoms with Gasteiger partial charge in [-0.15, -0.1) is 12.4 Å². The molecular weight excluding hydrogens is 314 g/mol. The molecule has 1 atom stereocenters. The highest BCUT2D eigenvalue weighted by atomic mass is 35.5. The summed E-state index contributed by atoms with van der Waals surface area (Å²) in [5.41, 5.74) is 1.44. The first-order chi connectivity index (χ1) is 10.7. The van der Waals surface area contributed by atoms with E-state index in [-0.39, 0.29) is 24.2 Å². The maximum Gasteiger partial charge on any atom is 0.224 e. The summed E-state index contributed by atoms with van der Waals surface area (Å²) in [6.45, 7) is 4.05. The third kappa shape index (κ3) is 7.01. The zero-order valence-corrected chi connectivity index (χ0v) is 14.4. The number of amides is 2. The Hall–Kier alpha value is -1.59. The van der Waals surface area contributed by atoms with Crippen LogP contribution in [-0.2, 0) is 9.59 Å². The van der Waals surface area contributed by atoms with Crippen LogP contribution in [0.25, 0.3) is 0 Å². The third-order valence-electron chi connectivity index (χ3n) is 3.85. The van der Waals surface area contributed by atoms with Gasteiger partial charge in [-0.2, -0.15) is 0 Å². The molecule has 23 heavy (non-hydrogen) atoms. The van der Waals surface area contributed by atoms with Crippen LogP contribution in [0.1, 0.15) is 39.0 Å². The first-order valence-electron chi connectivity index (χ1n) is 8.08. The lowest BCUT2D eigenvalue weighted by molar-refractivity contribution is -0.117. The van der Waals surface area contributed by atoms with Crippen molar-refractivity contribution in [2.75, 3.05) is 23.7 Å². The molecule has 0 bridgehead atoms. The number of nitrogens with one attached hydrogen (secondary N) is 3. The highest BCUT2D eigenvalue weighted by Gasteiger charge is 2.15. The smallest absolute Gasteiger partial charge is 0.224 e. The fourth-order valence-electron chi connectivity index (χ4n) is 2.64. The van der Waals surface area contributed by atoms with Crippen LogP contribution in [0.3, 0.4) is 0 Å². The van der Waals surface area contributed by atoms with E-state index in [2.05, 4.69) is 16.0 Å². The topological polar surface area (TPSA) is 70.2 Å². The Morgan fingerprint density at radius 1 is 1.17 bits per heavy atom. The number of carbonyl (C=O) groups is 2. The minimum atomic E-state index is -0.000269. The number of rotatable bonds is 7. The van der Waals surface area contributed by atoms with Crippen LogP contribution in [0.15, 0.2) is 24.3 Å². The fourth-order valence-corrected chi connectivity index (χ4v) is 2.64. The third-order valence-corrected chi connectivity index (χ3v) is 3.85. The van der Waals surface area contributed by atoms with E-state index in [4.69, 9.17) is 0 Å². The van der Waals surface area contributed by atoms with E-state index in [1.165, 1.54) is 0 Å². The van der Waals surface area contributed by atoms with Crippen molar-refractivity contribution in [1.82, 2.24) is 5.32 Å². The van der Waals surface area contributed by atoms with E-state index in [9.17, 15) is 9.59 Å². The summed E-state index contributed by atoms with van der Waals surface area (Å²) in [6, 6.07) is 7.29. The second kappa shape index (κ2) is 10.2. The minimum absolute atomic E-state index is 0. The normalized spacial score (nSPS) is 16.5. The Bertz CT molecular complexity index is 516. The Balaban J connectivity index is 0.00000264. The van der Waals surface area contributed by atoms with E-state index in [1.807, 2.05) is 25.1 Å². The van der Waals surface area contributed by atoms with Gasteiger partial charge in [-0.05, 0) is 56.5 Å². The summed E-state index contributed by atoms with van der Waals surface area (Å²) in [5.74, 6) is 0.647. The number of benzene rings is 1. The highest BCUT2D eigenvalue weighted by molar-refractivity contribution is 5.94. The van der Waals surface area contributed by atoms with Crippen molar-refractivity contribution in [2.24, 2.45) is 5.92 Å². The summed E-state index contributed by atoms with van der Waals surface area (Å²) >= 11 is 0. The van der Waals surface area contributed by atoms with Crippen molar-refractivity contribution in [3.63, 3.8) is 0 Å². The van der Waals surface area contributed by atoms with E-state index in [0.29, 0.717) is 18.8 Å². The lowest BCUT2D eigenvalue weighted by Gasteiger charge is -2.10. The molecule has 5 nitrogen and oxygen atoms in total. The van der Waals surface area contributed by atoms with Crippen molar-refractivity contribution in [1.29, 1.82) is 0 Å². The quantitative estimate of drug-likeness (QED) is 0.714. The molecule has 3 N–H and O–H groups in total. The summed E-state index contributed by atoms with van der Waals surface area (Å²) in [6.07, 6.45) is 3.95. The van der Waals surface area contributed by atoms with Gasteiger partial charge in [0, 0.05) is 24.2 Å². The molecule has 0 spiro atoms.